The molecule has 0 aliphatic heterocycles. The van der Waals surface area contributed by atoms with Crippen LogP contribution in [0, 0.1) is 16.0 Å². The summed E-state index contributed by atoms with van der Waals surface area (Å²) in [7, 11) is 0. The summed E-state index contributed by atoms with van der Waals surface area (Å²) in [6, 6.07) is 0. The van der Waals surface area contributed by atoms with Gasteiger partial charge in [-0.1, -0.05) is 13.8 Å². The van der Waals surface area contributed by atoms with Crippen LogP contribution in [0.2, 0.25) is 5.28 Å². The van der Waals surface area contributed by atoms with E-state index in [1.54, 1.807) is 6.92 Å². The number of hydrogen-bond acceptors (Lipinski definition) is 6. The number of hydrogen-bond donors (Lipinski definition) is 2. The van der Waals surface area contributed by atoms with Crippen LogP contribution in [-0.4, -0.2) is 32.1 Å². The molecule has 1 heterocycles. The Morgan fingerprint density at radius 3 is 2.79 bits per heavy atom. The van der Waals surface area contributed by atoms with Crippen molar-refractivity contribution in [3.05, 3.63) is 21.6 Å². The van der Waals surface area contributed by atoms with Gasteiger partial charge in [-0.15, -0.1) is 0 Å². The summed E-state index contributed by atoms with van der Waals surface area (Å²) in [6.07, 6.45) is 1.60. The van der Waals surface area contributed by atoms with E-state index >= 15 is 0 Å². The topological polar surface area (TPSA) is 101 Å². The fourth-order valence-electron chi connectivity index (χ4n) is 1.84. The molecule has 0 bridgehead atoms. The van der Waals surface area contributed by atoms with Crippen molar-refractivity contribution in [3.63, 3.8) is 0 Å². The van der Waals surface area contributed by atoms with Gasteiger partial charge in [-0.3, -0.25) is 10.1 Å². The van der Waals surface area contributed by atoms with E-state index in [1.165, 1.54) is 0 Å². The van der Waals surface area contributed by atoms with Crippen molar-refractivity contribution in [2.75, 3.05) is 11.9 Å². The monoisotopic (exact) mass is 288 g/mol. The molecule has 19 heavy (non-hydrogen) atoms. The summed E-state index contributed by atoms with van der Waals surface area (Å²) in [5.41, 5.74) is -1.26. The number of nitrogens with one attached hydrogen (secondary N) is 1. The number of anilines is 1. The zero-order chi connectivity index (χ0) is 14.6. The maximum absolute atomic E-state index is 10.8. The number of rotatable bonds is 6. The van der Waals surface area contributed by atoms with Gasteiger partial charge in [-0.25, -0.2) is 4.98 Å². The van der Waals surface area contributed by atoms with Crippen molar-refractivity contribution < 1.29 is 10.0 Å². The lowest BCUT2D eigenvalue weighted by atomic mass is 9.94. The summed E-state index contributed by atoms with van der Waals surface area (Å²) in [5.74, 6) is 0.315. The lowest BCUT2D eigenvalue weighted by Crippen LogP contribution is -2.35. The average Bonchev–Trinajstić information content (AvgIpc) is 2.24. The SMILES string of the molecule is CC(C)CC(C)(O)CNc1nc(Cl)ncc1[N+](=O)[O-]. The number of aliphatic hydroxyl groups is 1. The van der Waals surface area contributed by atoms with Gasteiger partial charge in [0.15, 0.2) is 0 Å². The summed E-state index contributed by atoms with van der Waals surface area (Å²) in [4.78, 5) is 17.5. The molecule has 0 aliphatic carbocycles. The van der Waals surface area contributed by atoms with Crippen LogP contribution in [0.1, 0.15) is 27.2 Å². The molecule has 0 saturated heterocycles. The molecule has 1 unspecified atom stereocenters. The minimum atomic E-state index is -0.987. The van der Waals surface area contributed by atoms with E-state index < -0.39 is 10.5 Å². The first-order valence-electron chi connectivity index (χ1n) is 5.84. The maximum Gasteiger partial charge on any atom is 0.329 e. The molecule has 0 radical (unpaired) electrons. The first-order chi connectivity index (χ1) is 8.71. The molecule has 1 aromatic heterocycles. The van der Waals surface area contributed by atoms with Crippen LogP contribution in [0.5, 0.6) is 0 Å². The van der Waals surface area contributed by atoms with Gasteiger partial charge < -0.3 is 10.4 Å². The van der Waals surface area contributed by atoms with Crippen molar-refractivity contribution in [1.29, 1.82) is 0 Å². The quantitative estimate of drug-likeness (QED) is 0.473. The first-order valence-corrected chi connectivity index (χ1v) is 6.22. The van der Waals surface area contributed by atoms with E-state index in [4.69, 9.17) is 11.6 Å². The summed E-state index contributed by atoms with van der Waals surface area (Å²) in [6.45, 7) is 5.77. The average molecular weight is 289 g/mol. The lowest BCUT2D eigenvalue weighted by molar-refractivity contribution is -0.384. The third kappa shape index (κ3) is 4.96. The van der Waals surface area contributed by atoms with Gasteiger partial charge in [0.1, 0.15) is 6.20 Å². The van der Waals surface area contributed by atoms with Gasteiger partial charge in [0.25, 0.3) is 0 Å². The minimum absolute atomic E-state index is 0.00836. The molecule has 0 amide bonds. The Morgan fingerprint density at radius 2 is 2.26 bits per heavy atom. The zero-order valence-electron chi connectivity index (χ0n) is 11.1. The van der Waals surface area contributed by atoms with E-state index in [9.17, 15) is 15.2 Å². The number of nitro groups is 1. The summed E-state index contributed by atoms with van der Waals surface area (Å²) < 4.78 is 0. The van der Waals surface area contributed by atoms with Crippen LogP contribution in [0.4, 0.5) is 11.5 Å². The molecule has 1 aromatic rings. The predicted octanol–water partition coefficient (Wildman–Crippen LogP) is 2.25. The highest BCUT2D eigenvalue weighted by Gasteiger charge is 2.24. The molecule has 2 N–H and O–H groups in total. The molecule has 0 fully saturated rings. The van der Waals surface area contributed by atoms with Gasteiger partial charge in [0.2, 0.25) is 11.1 Å². The second-order valence-corrected chi connectivity index (χ2v) is 5.42. The molecular formula is C11H17ClN4O3. The van der Waals surface area contributed by atoms with Gasteiger partial charge in [-0.05, 0) is 30.9 Å². The smallest absolute Gasteiger partial charge is 0.329 e. The normalized spacial score (nSPS) is 14.2. The number of aromatic nitrogens is 2. The largest absolute Gasteiger partial charge is 0.388 e. The van der Waals surface area contributed by atoms with Crippen LogP contribution < -0.4 is 5.32 Å². The lowest BCUT2D eigenvalue weighted by Gasteiger charge is -2.25. The molecule has 1 atom stereocenters. The molecule has 106 valence electrons. The Morgan fingerprint density at radius 1 is 1.63 bits per heavy atom. The molecular weight excluding hydrogens is 272 g/mol. The van der Waals surface area contributed by atoms with E-state index in [0.717, 1.165) is 6.20 Å². The second-order valence-electron chi connectivity index (χ2n) is 5.08. The van der Waals surface area contributed by atoms with Gasteiger partial charge >= 0.3 is 5.69 Å². The first kappa shape index (κ1) is 15.6. The van der Waals surface area contributed by atoms with E-state index in [2.05, 4.69) is 15.3 Å². The molecule has 1 rings (SSSR count). The highest BCUT2D eigenvalue weighted by atomic mass is 35.5. The van der Waals surface area contributed by atoms with Crippen molar-refractivity contribution in [2.45, 2.75) is 32.8 Å². The van der Waals surface area contributed by atoms with Crippen LogP contribution in [-0.2, 0) is 0 Å². The molecule has 7 nitrogen and oxygen atoms in total. The molecule has 0 aromatic carbocycles. The zero-order valence-corrected chi connectivity index (χ0v) is 11.8. The van der Waals surface area contributed by atoms with E-state index in [-0.39, 0.29) is 23.3 Å². The van der Waals surface area contributed by atoms with E-state index in [0.29, 0.717) is 12.3 Å². The Labute approximate surface area is 116 Å². The number of halogens is 1. The van der Waals surface area contributed by atoms with Crippen molar-refractivity contribution in [2.24, 2.45) is 5.92 Å². The Kier molecular flexibility index (Phi) is 5.02. The highest BCUT2D eigenvalue weighted by Crippen LogP contribution is 2.24. The molecule has 0 spiro atoms. The number of nitrogens with zero attached hydrogens (tertiary/aromatic N) is 3. The van der Waals surface area contributed by atoms with Crippen LogP contribution in [0.15, 0.2) is 6.20 Å². The second kappa shape index (κ2) is 6.12. The fourth-order valence-corrected chi connectivity index (χ4v) is 1.98. The van der Waals surface area contributed by atoms with Crippen molar-refractivity contribution >= 4 is 23.1 Å². The van der Waals surface area contributed by atoms with Crippen LogP contribution in [0.3, 0.4) is 0 Å². The summed E-state index contributed by atoms with van der Waals surface area (Å²) >= 11 is 5.61. The molecule has 0 saturated carbocycles. The fraction of sp³-hybridized carbons (Fsp3) is 0.636. The Balaban J connectivity index is 2.82. The van der Waals surface area contributed by atoms with Crippen LogP contribution in [0.25, 0.3) is 0 Å². The summed E-state index contributed by atoms with van der Waals surface area (Å²) in [5, 5.41) is 23.6. The Hall–Kier alpha value is -1.47. The Bertz CT molecular complexity index is 465. The third-order valence-electron chi connectivity index (χ3n) is 2.42. The van der Waals surface area contributed by atoms with Crippen molar-refractivity contribution in [1.82, 2.24) is 9.97 Å². The standard InChI is InChI=1S/C11H17ClN4O3/c1-7(2)4-11(3,17)6-14-9-8(16(18)19)5-13-10(12)15-9/h5,7,17H,4,6H2,1-3H3,(H,13,14,15). The van der Waals surface area contributed by atoms with Gasteiger partial charge in [0.05, 0.1) is 10.5 Å². The highest BCUT2D eigenvalue weighted by molar-refractivity contribution is 6.28. The van der Waals surface area contributed by atoms with E-state index in [1.807, 2.05) is 13.8 Å². The maximum atomic E-state index is 10.8. The van der Waals surface area contributed by atoms with Crippen LogP contribution >= 0.6 is 11.6 Å². The minimum Gasteiger partial charge on any atom is -0.388 e. The predicted molar refractivity (Wildman–Crippen MR) is 72.3 cm³/mol. The van der Waals surface area contributed by atoms with Gasteiger partial charge in [-0.2, -0.15) is 4.98 Å². The molecule has 0 aliphatic rings. The van der Waals surface area contributed by atoms with Gasteiger partial charge in [0, 0.05) is 6.54 Å². The third-order valence-corrected chi connectivity index (χ3v) is 2.60. The van der Waals surface area contributed by atoms with Crippen molar-refractivity contribution in [3.8, 4) is 0 Å². The molecule has 8 heteroatoms.